The standard InChI is InChI=1S/C31H31ClF3N11O6S/c1-4-22-25(42-7-9-43(10-8-42)28(49)24-26(48)17(2)36-15-37-24)29(50)46-30(40-27(41-46)18-12-38-44(13-18)16-53(3,51)52)45(22)14-23(47)39-21-6-5-19(11-20(21)32)31(33,34)35/h5-6,11-13,15,48H,4,7-10,14,16H2,1-3H3,(H,39,47). The highest BCUT2D eigenvalue weighted by atomic mass is 35.5. The van der Waals surface area contributed by atoms with Gasteiger partial charge in [0, 0.05) is 38.6 Å². The maximum absolute atomic E-state index is 14.2. The molecule has 0 atom stereocenters. The topological polar surface area (TPSA) is 203 Å². The molecule has 2 amide bonds. The summed E-state index contributed by atoms with van der Waals surface area (Å²) in [6.45, 7) is 3.41. The van der Waals surface area contributed by atoms with E-state index in [0.29, 0.717) is 11.8 Å². The molecule has 1 aromatic carbocycles. The number of aryl methyl sites for hydroxylation is 1. The summed E-state index contributed by atoms with van der Waals surface area (Å²) in [5.74, 6) is -2.04. The van der Waals surface area contributed by atoms with Crippen LogP contribution >= 0.6 is 11.6 Å². The van der Waals surface area contributed by atoms with Crippen molar-refractivity contribution in [3.05, 3.63) is 74.9 Å². The van der Waals surface area contributed by atoms with E-state index in [2.05, 4.69) is 30.5 Å². The summed E-state index contributed by atoms with van der Waals surface area (Å²) in [6, 6.07) is 2.50. The number of carbonyl (C=O) groups excluding carboxylic acids is 2. The summed E-state index contributed by atoms with van der Waals surface area (Å²) in [5, 5.41) is 21.0. The lowest BCUT2D eigenvalue weighted by Crippen LogP contribution is -2.51. The van der Waals surface area contributed by atoms with Crippen LogP contribution in [0.2, 0.25) is 5.02 Å². The van der Waals surface area contributed by atoms with Crippen LogP contribution in [0.25, 0.3) is 17.2 Å². The van der Waals surface area contributed by atoms with E-state index in [1.807, 2.05) is 0 Å². The maximum Gasteiger partial charge on any atom is 0.416 e. The second-order valence-corrected chi connectivity index (χ2v) is 14.7. The fourth-order valence-electron chi connectivity index (χ4n) is 5.87. The molecular formula is C31H31ClF3N11O6S. The third kappa shape index (κ3) is 7.65. The van der Waals surface area contributed by atoms with Gasteiger partial charge in [0.15, 0.2) is 27.1 Å². The predicted molar refractivity (Wildman–Crippen MR) is 184 cm³/mol. The maximum atomic E-state index is 14.2. The van der Waals surface area contributed by atoms with Gasteiger partial charge in [0.25, 0.3) is 11.5 Å². The molecule has 0 unspecified atom stereocenters. The third-order valence-electron chi connectivity index (χ3n) is 8.38. The first kappa shape index (κ1) is 37.2. The van der Waals surface area contributed by atoms with E-state index in [0.717, 1.165) is 27.6 Å². The molecular weight excluding hydrogens is 747 g/mol. The molecule has 17 nitrogen and oxygen atoms in total. The Labute approximate surface area is 303 Å². The lowest BCUT2D eigenvalue weighted by molar-refractivity contribution is -0.137. The van der Waals surface area contributed by atoms with Crippen LogP contribution in [0.1, 0.15) is 34.4 Å². The first-order valence-electron chi connectivity index (χ1n) is 15.9. The molecule has 53 heavy (non-hydrogen) atoms. The van der Waals surface area contributed by atoms with Gasteiger partial charge in [-0.15, -0.1) is 5.10 Å². The number of amides is 2. The molecule has 0 bridgehead atoms. The number of fused-ring (bicyclic) bond motifs is 1. The number of piperazine rings is 1. The van der Waals surface area contributed by atoms with Crippen molar-refractivity contribution in [2.45, 2.75) is 38.9 Å². The van der Waals surface area contributed by atoms with Crippen LogP contribution < -0.4 is 15.8 Å². The van der Waals surface area contributed by atoms with Crippen molar-refractivity contribution in [1.82, 2.24) is 43.8 Å². The molecule has 0 aliphatic carbocycles. The van der Waals surface area contributed by atoms with Crippen LogP contribution in [-0.4, -0.2) is 102 Å². The molecule has 280 valence electrons. The summed E-state index contributed by atoms with van der Waals surface area (Å²) < 4.78 is 66.9. The summed E-state index contributed by atoms with van der Waals surface area (Å²) in [7, 11) is -3.45. The van der Waals surface area contributed by atoms with Crippen molar-refractivity contribution < 1.29 is 36.3 Å². The third-order valence-corrected chi connectivity index (χ3v) is 9.43. The van der Waals surface area contributed by atoms with Gasteiger partial charge in [-0.1, -0.05) is 18.5 Å². The first-order valence-corrected chi connectivity index (χ1v) is 18.3. The van der Waals surface area contributed by atoms with Crippen molar-refractivity contribution in [2.24, 2.45) is 0 Å². The SMILES string of the molecule is CCc1c(N2CCN(C(=O)c3ncnc(C)c3O)CC2)c(=O)n2nc(-c3cnn(CS(C)(=O)=O)c3)nc2n1CC(=O)Nc1ccc(C(F)(F)F)cc1Cl. The number of alkyl halides is 3. The second-order valence-electron chi connectivity index (χ2n) is 12.2. The quantitative estimate of drug-likeness (QED) is 0.222. The predicted octanol–water partition coefficient (Wildman–Crippen LogP) is 2.40. The van der Waals surface area contributed by atoms with Crippen molar-refractivity contribution in [2.75, 3.05) is 42.7 Å². The second kappa shape index (κ2) is 14.1. The molecule has 0 radical (unpaired) electrons. The average Bonchev–Trinajstić information content (AvgIpc) is 3.74. The zero-order chi connectivity index (χ0) is 38.4. The Morgan fingerprint density at radius 3 is 2.47 bits per heavy atom. The van der Waals surface area contributed by atoms with Crippen LogP contribution in [0.5, 0.6) is 5.75 Å². The Hall–Kier alpha value is -5.57. The van der Waals surface area contributed by atoms with Crippen molar-refractivity contribution in [1.29, 1.82) is 0 Å². The van der Waals surface area contributed by atoms with E-state index in [1.165, 1.54) is 35.1 Å². The Kier molecular flexibility index (Phi) is 9.90. The Bertz CT molecular complexity index is 2420. The normalized spacial score (nSPS) is 13.9. The minimum Gasteiger partial charge on any atom is -0.504 e. The fraction of sp³-hybridized carbons (Fsp3) is 0.355. The van der Waals surface area contributed by atoms with Crippen LogP contribution in [0.3, 0.4) is 0 Å². The number of nitrogens with one attached hydrogen (secondary N) is 1. The number of rotatable bonds is 9. The van der Waals surface area contributed by atoms with Crippen LogP contribution in [-0.2, 0) is 39.7 Å². The smallest absolute Gasteiger partial charge is 0.416 e. The number of hydrogen-bond acceptors (Lipinski definition) is 12. The molecule has 5 aromatic rings. The Morgan fingerprint density at radius 1 is 1.11 bits per heavy atom. The number of nitrogens with zero attached hydrogens (tertiary/aromatic N) is 10. The molecule has 1 aliphatic rings. The van der Waals surface area contributed by atoms with Crippen molar-refractivity contribution in [3.8, 4) is 17.1 Å². The van der Waals surface area contributed by atoms with Crippen LogP contribution in [0.15, 0.2) is 41.7 Å². The highest BCUT2D eigenvalue weighted by Crippen LogP contribution is 2.34. The van der Waals surface area contributed by atoms with E-state index < -0.39 is 51.4 Å². The number of halogens is 4. The molecule has 4 aromatic heterocycles. The largest absolute Gasteiger partial charge is 0.504 e. The molecule has 2 N–H and O–H groups in total. The van der Waals surface area contributed by atoms with Gasteiger partial charge < -0.3 is 24.8 Å². The van der Waals surface area contributed by atoms with Crippen molar-refractivity contribution >= 4 is 50.4 Å². The van der Waals surface area contributed by atoms with Gasteiger partial charge in [-0.05, 0) is 31.5 Å². The van der Waals surface area contributed by atoms with Gasteiger partial charge in [0.2, 0.25) is 11.7 Å². The van der Waals surface area contributed by atoms with Gasteiger partial charge in [-0.3, -0.25) is 19.1 Å². The Morgan fingerprint density at radius 2 is 1.83 bits per heavy atom. The van der Waals surface area contributed by atoms with Crippen LogP contribution in [0, 0.1) is 6.92 Å². The van der Waals surface area contributed by atoms with Gasteiger partial charge >= 0.3 is 6.18 Å². The minimum atomic E-state index is -4.65. The number of sulfone groups is 1. The first-order chi connectivity index (χ1) is 24.9. The number of hydrogen-bond donors (Lipinski definition) is 2. The van der Waals surface area contributed by atoms with Gasteiger partial charge in [0.1, 0.15) is 24.4 Å². The molecule has 1 aliphatic heterocycles. The molecule has 1 saturated heterocycles. The highest BCUT2D eigenvalue weighted by Gasteiger charge is 2.32. The lowest BCUT2D eigenvalue weighted by Gasteiger charge is -2.36. The summed E-state index contributed by atoms with van der Waals surface area (Å²) in [6.07, 6.45) is 0.479. The molecule has 5 heterocycles. The average molecular weight is 778 g/mol. The summed E-state index contributed by atoms with van der Waals surface area (Å²) >= 11 is 6.10. The Balaban J connectivity index is 1.38. The van der Waals surface area contributed by atoms with Gasteiger partial charge in [0.05, 0.1) is 39.4 Å². The zero-order valence-electron chi connectivity index (χ0n) is 28.3. The van der Waals surface area contributed by atoms with E-state index in [9.17, 15) is 41.1 Å². The van der Waals surface area contributed by atoms with Gasteiger partial charge in [-0.2, -0.15) is 27.8 Å². The van der Waals surface area contributed by atoms with E-state index in [-0.39, 0.29) is 83.3 Å². The number of benzene rings is 1. The fourth-order valence-corrected chi connectivity index (χ4v) is 6.72. The van der Waals surface area contributed by atoms with Crippen LogP contribution in [0.4, 0.5) is 24.5 Å². The van der Waals surface area contributed by atoms with E-state index >= 15 is 0 Å². The van der Waals surface area contributed by atoms with E-state index in [1.54, 1.807) is 11.8 Å². The molecule has 6 rings (SSSR count). The van der Waals surface area contributed by atoms with E-state index in [4.69, 9.17) is 11.6 Å². The number of anilines is 2. The molecule has 1 fully saturated rings. The number of aromatic nitrogens is 8. The highest BCUT2D eigenvalue weighted by molar-refractivity contribution is 7.89. The summed E-state index contributed by atoms with van der Waals surface area (Å²) in [5.41, 5.74) is -0.775. The van der Waals surface area contributed by atoms with Crippen molar-refractivity contribution in [3.63, 3.8) is 0 Å². The molecule has 0 saturated carbocycles. The number of aromatic hydroxyl groups is 1. The molecule has 0 spiro atoms. The monoisotopic (exact) mass is 777 g/mol. The lowest BCUT2D eigenvalue weighted by atomic mass is 10.2. The molecule has 22 heteroatoms. The van der Waals surface area contributed by atoms with Gasteiger partial charge in [-0.25, -0.2) is 18.4 Å². The number of carbonyl (C=O) groups is 2. The summed E-state index contributed by atoms with van der Waals surface area (Å²) in [4.78, 5) is 56.5. The minimum absolute atomic E-state index is 0.00337. The zero-order valence-corrected chi connectivity index (χ0v) is 29.9.